The number of rotatable bonds is 13. The third-order valence-corrected chi connectivity index (χ3v) is 6.09. The van der Waals surface area contributed by atoms with Gasteiger partial charge in [-0.05, 0) is 44.9 Å². The number of hydrogen-bond donors (Lipinski definition) is 1. The van der Waals surface area contributed by atoms with Crippen molar-refractivity contribution in [1.29, 1.82) is 0 Å². The summed E-state index contributed by atoms with van der Waals surface area (Å²) >= 11 is 0. The van der Waals surface area contributed by atoms with E-state index in [4.69, 9.17) is 19.9 Å². The molecule has 0 aromatic heterocycles. The largest absolute Gasteiger partial charge is 0.371 e. The first kappa shape index (κ1) is 25.5. The molecule has 2 fully saturated rings. The molecule has 0 spiro atoms. The fourth-order valence-corrected chi connectivity index (χ4v) is 3.98. The van der Waals surface area contributed by atoms with Crippen molar-refractivity contribution < 1.29 is 28.6 Å². The summed E-state index contributed by atoms with van der Waals surface area (Å²) in [7, 11) is 0. The van der Waals surface area contributed by atoms with E-state index in [1.165, 1.54) is 0 Å². The monoisotopic (exact) mass is 441 g/mol. The van der Waals surface area contributed by atoms with Crippen molar-refractivity contribution in [3.8, 4) is 0 Å². The molecule has 3 amide bonds. The first-order valence-corrected chi connectivity index (χ1v) is 11.5. The van der Waals surface area contributed by atoms with Gasteiger partial charge in [0.25, 0.3) is 0 Å². The molecule has 0 aromatic carbocycles. The second-order valence-corrected chi connectivity index (χ2v) is 8.68. The molecule has 178 valence electrons. The summed E-state index contributed by atoms with van der Waals surface area (Å²) in [6.07, 6.45) is 7.09. The summed E-state index contributed by atoms with van der Waals surface area (Å²) in [6.45, 7) is 5.58. The molecule has 2 saturated heterocycles. The Bertz CT molecular complexity index is 538. The molecule has 9 heteroatoms. The highest BCUT2D eigenvalue weighted by Crippen LogP contribution is 2.24. The van der Waals surface area contributed by atoms with Gasteiger partial charge in [0.1, 0.15) is 19.8 Å². The van der Waals surface area contributed by atoms with Gasteiger partial charge in [-0.2, -0.15) is 0 Å². The third-order valence-electron chi connectivity index (χ3n) is 6.09. The van der Waals surface area contributed by atoms with E-state index >= 15 is 0 Å². The smallest absolute Gasteiger partial charge is 0.248 e. The first-order valence-electron chi connectivity index (χ1n) is 11.5. The molecule has 0 aromatic rings. The lowest BCUT2D eigenvalue weighted by molar-refractivity contribution is -0.144. The van der Waals surface area contributed by atoms with Gasteiger partial charge >= 0.3 is 0 Å². The van der Waals surface area contributed by atoms with E-state index in [9.17, 15) is 14.4 Å². The lowest BCUT2D eigenvalue weighted by Crippen LogP contribution is -2.42. The number of ether oxygens (including phenoxy) is 3. The molecule has 2 aliphatic rings. The van der Waals surface area contributed by atoms with E-state index < -0.39 is 11.3 Å². The second-order valence-electron chi connectivity index (χ2n) is 8.68. The normalized spacial score (nSPS) is 17.6. The van der Waals surface area contributed by atoms with Crippen LogP contribution in [0.1, 0.15) is 51.9 Å². The lowest BCUT2D eigenvalue weighted by Gasteiger charge is -2.33. The van der Waals surface area contributed by atoms with Gasteiger partial charge in [-0.25, -0.2) is 0 Å². The van der Waals surface area contributed by atoms with E-state index in [1.54, 1.807) is 0 Å². The number of nitrogens with zero attached hydrogens (tertiary/aromatic N) is 2. The van der Waals surface area contributed by atoms with E-state index in [2.05, 4.69) is 0 Å². The highest BCUT2D eigenvalue weighted by atomic mass is 16.5. The minimum Gasteiger partial charge on any atom is -0.371 e. The molecular formula is C22H39N3O6. The quantitative estimate of drug-likeness (QED) is 0.455. The molecule has 9 nitrogen and oxygen atoms in total. The van der Waals surface area contributed by atoms with Crippen LogP contribution in [-0.4, -0.2) is 93.3 Å². The highest BCUT2D eigenvalue weighted by Gasteiger charge is 2.31. The van der Waals surface area contributed by atoms with Crippen molar-refractivity contribution >= 4 is 17.7 Å². The molecule has 2 N–H and O–H groups in total. The number of amides is 3. The van der Waals surface area contributed by atoms with Crippen molar-refractivity contribution in [3.05, 3.63) is 0 Å². The SMILES string of the molecule is CCC(COCC(N)=O)(COCC(=O)N1CCCCC1)COCC(=O)N1CCCCC1. The van der Waals surface area contributed by atoms with Gasteiger partial charge in [-0.1, -0.05) is 6.92 Å². The van der Waals surface area contributed by atoms with Crippen LogP contribution < -0.4 is 5.73 Å². The van der Waals surface area contributed by atoms with Crippen LogP contribution in [0.3, 0.4) is 0 Å². The zero-order valence-corrected chi connectivity index (χ0v) is 18.9. The van der Waals surface area contributed by atoms with Gasteiger partial charge in [-0.3, -0.25) is 14.4 Å². The maximum absolute atomic E-state index is 12.4. The minimum atomic E-state index is -0.570. The van der Waals surface area contributed by atoms with Crippen molar-refractivity contribution in [2.24, 2.45) is 11.1 Å². The minimum absolute atomic E-state index is 0.00424. The van der Waals surface area contributed by atoms with E-state index in [0.29, 0.717) is 6.42 Å². The molecule has 2 rings (SSSR count). The number of likely N-dealkylation sites (tertiary alicyclic amines) is 2. The molecule has 2 aliphatic heterocycles. The average molecular weight is 442 g/mol. The Labute approximate surface area is 185 Å². The van der Waals surface area contributed by atoms with E-state index in [1.807, 2.05) is 16.7 Å². The predicted molar refractivity (Wildman–Crippen MR) is 115 cm³/mol. The molecule has 0 radical (unpaired) electrons. The van der Waals surface area contributed by atoms with Gasteiger partial charge in [0.05, 0.1) is 19.8 Å². The van der Waals surface area contributed by atoms with Crippen LogP contribution in [-0.2, 0) is 28.6 Å². The number of nitrogens with two attached hydrogens (primary N) is 1. The molecular weight excluding hydrogens is 402 g/mol. The van der Waals surface area contributed by atoms with Crippen LogP contribution in [0.5, 0.6) is 0 Å². The Morgan fingerprint density at radius 3 is 1.45 bits per heavy atom. The van der Waals surface area contributed by atoms with Gasteiger partial charge in [0, 0.05) is 31.6 Å². The third kappa shape index (κ3) is 9.13. The van der Waals surface area contributed by atoms with Crippen LogP contribution >= 0.6 is 0 Å². The Morgan fingerprint density at radius 2 is 1.10 bits per heavy atom. The molecule has 0 bridgehead atoms. The Balaban J connectivity index is 1.84. The van der Waals surface area contributed by atoms with Crippen molar-refractivity contribution in [2.45, 2.75) is 51.9 Å². The Hall–Kier alpha value is -1.71. The average Bonchev–Trinajstić information content (AvgIpc) is 2.79. The van der Waals surface area contributed by atoms with Gasteiger partial charge in [-0.15, -0.1) is 0 Å². The number of hydrogen-bond acceptors (Lipinski definition) is 6. The van der Waals surface area contributed by atoms with Crippen LogP contribution in [0.25, 0.3) is 0 Å². The van der Waals surface area contributed by atoms with E-state index in [0.717, 1.165) is 64.7 Å². The Morgan fingerprint density at radius 1 is 0.710 bits per heavy atom. The van der Waals surface area contributed by atoms with Crippen molar-refractivity contribution in [3.63, 3.8) is 0 Å². The van der Waals surface area contributed by atoms with Crippen molar-refractivity contribution in [1.82, 2.24) is 9.80 Å². The molecule has 0 atom stereocenters. The number of carbonyl (C=O) groups excluding carboxylic acids is 3. The molecule has 0 unspecified atom stereocenters. The summed E-state index contributed by atoms with van der Waals surface area (Å²) in [5.41, 5.74) is 4.61. The Kier molecular flexibility index (Phi) is 11.2. The summed E-state index contributed by atoms with van der Waals surface area (Å²) in [6, 6.07) is 0. The zero-order chi connectivity index (χ0) is 22.5. The second kappa shape index (κ2) is 13.6. The fraction of sp³-hybridized carbons (Fsp3) is 0.864. The van der Waals surface area contributed by atoms with Crippen LogP contribution in [0.2, 0.25) is 0 Å². The number of piperidine rings is 2. The molecule has 0 aliphatic carbocycles. The van der Waals surface area contributed by atoms with Gasteiger partial charge in [0.2, 0.25) is 17.7 Å². The van der Waals surface area contributed by atoms with E-state index in [-0.39, 0.29) is 51.5 Å². The maximum Gasteiger partial charge on any atom is 0.248 e. The predicted octanol–water partition coefficient (Wildman–Crippen LogP) is 0.943. The number of carbonyl (C=O) groups is 3. The standard InChI is InChI=1S/C22H39N3O6/c1-2-22(16-29-13-19(23)26,17-30-14-20(27)24-9-5-3-6-10-24)18-31-15-21(28)25-11-7-4-8-12-25/h2-18H2,1H3,(H2,23,26). The summed E-state index contributed by atoms with van der Waals surface area (Å²) in [4.78, 5) is 39.5. The van der Waals surface area contributed by atoms with Crippen LogP contribution in [0.15, 0.2) is 0 Å². The molecule has 0 saturated carbocycles. The summed E-state index contributed by atoms with van der Waals surface area (Å²) < 4.78 is 17.0. The van der Waals surface area contributed by atoms with Crippen molar-refractivity contribution in [2.75, 3.05) is 65.8 Å². The topological polar surface area (TPSA) is 111 Å². The maximum atomic E-state index is 12.4. The molecule has 31 heavy (non-hydrogen) atoms. The zero-order valence-electron chi connectivity index (χ0n) is 18.9. The van der Waals surface area contributed by atoms with Gasteiger partial charge in [0.15, 0.2) is 0 Å². The van der Waals surface area contributed by atoms with Crippen LogP contribution in [0.4, 0.5) is 0 Å². The molecule has 2 heterocycles. The first-order chi connectivity index (χ1) is 15.0. The highest BCUT2D eigenvalue weighted by molar-refractivity contribution is 5.78. The fourth-order valence-electron chi connectivity index (χ4n) is 3.98. The number of primary amides is 1. The summed E-state index contributed by atoms with van der Waals surface area (Å²) in [5, 5.41) is 0. The summed E-state index contributed by atoms with van der Waals surface area (Å²) in [5.74, 6) is -0.569. The lowest BCUT2D eigenvalue weighted by atomic mass is 9.88. The van der Waals surface area contributed by atoms with Crippen LogP contribution in [0, 0.1) is 5.41 Å². The van der Waals surface area contributed by atoms with Gasteiger partial charge < -0.3 is 29.7 Å².